The smallest absolute Gasteiger partial charge is 0.159 e. The first kappa shape index (κ1) is 46.1. The Hall–Kier alpha value is -9.68. The Kier molecular flexibility index (Phi) is 12.1. The molecule has 4 nitrogen and oxygen atoms in total. The first-order valence-electron chi connectivity index (χ1n) is 25.7. The van der Waals surface area contributed by atoms with Crippen LogP contribution in [-0.4, -0.2) is 0 Å². The highest BCUT2D eigenvalue weighted by Gasteiger charge is 2.24. The molecular formula is C71H51N3OS. The van der Waals surface area contributed by atoms with Gasteiger partial charge in [0.2, 0.25) is 0 Å². The molecule has 0 saturated carbocycles. The number of thiophene rings is 1. The van der Waals surface area contributed by atoms with Crippen LogP contribution in [0.4, 0.5) is 45.5 Å². The fourth-order valence-corrected chi connectivity index (χ4v) is 11.7. The van der Waals surface area contributed by atoms with Crippen molar-refractivity contribution in [1.82, 2.24) is 0 Å². The summed E-state index contributed by atoms with van der Waals surface area (Å²) in [5, 5.41) is 4.60. The minimum Gasteiger partial charge on any atom is -0.454 e. The molecule has 76 heavy (non-hydrogen) atoms. The van der Waals surface area contributed by atoms with Crippen molar-refractivity contribution in [3.05, 3.63) is 302 Å². The number of hydrogen-bond donors (Lipinski definition) is 0. The van der Waals surface area contributed by atoms with Crippen LogP contribution in [0.5, 0.6) is 0 Å². The van der Waals surface area contributed by atoms with Crippen LogP contribution in [0, 0.1) is 6.92 Å². The lowest BCUT2D eigenvalue weighted by Crippen LogP contribution is -2.17. The van der Waals surface area contributed by atoms with Crippen molar-refractivity contribution >= 4 is 111 Å². The van der Waals surface area contributed by atoms with Crippen molar-refractivity contribution in [2.24, 2.45) is 0 Å². The van der Waals surface area contributed by atoms with Gasteiger partial charge in [-0.25, -0.2) is 0 Å². The molecule has 0 aliphatic rings. The summed E-state index contributed by atoms with van der Waals surface area (Å²) >= 11 is 1.82. The molecule has 2 aromatic heterocycles. The molecule has 0 atom stereocenters. The number of allylic oxidation sites excluding steroid dienone is 1. The number of nitrogens with zero attached hydrogens (tertiary/aromatic N) is 3. The Morgan fingerprint density at radius 2 is 0.908 bits per heavy atom. The molecule has 0 radical (unpaired) electrons. The molecular weight excluding hydrogens is 943 g/mol. The monoisotopic (exact) mass is 993 g/mol. The van der Waals surface area contributed by atoms with Crippen LogP contribution in [0.25, 0.3) is 64.9 Å². The highest BCUT2D eigenvalue weighted by atomic mass is 32.1. The second-order valence-electron chi connectivity index (χ2n) is 19.1. The summed E-state index contributed by atoms with van der Waals surface area (Å²) in [6.45, 7) is 7.08. The van der Waals surface area contributed by atoms with Gasteiger partial charge in [0.1, 0.15) is 5.58 Å². The minimum absolute atomic E-state index is 0.847. The van der Waals surface area contributed by atoms with Gasteiger partial charge in [-0.05, 0) is 150 Å². The van der Waals surface area contributed by atoms with E-state index in [4.69, 9.17) is 11.0 Å². The van der Waals surface area contributed by atoms with Gasteiger partial charge in [-0.3, -0.25) is 0 Å². The average Bonchev–Trinajstić information content (AvgIpc) is 4.05. The first-order chi connectivity index (χ1) is 37.5. The number of furan rings is 1. The zero-order valence-corrected chi connectivity index (χ0v) is 42.7. The predicted octanol–water partition coefficient (Wildman–Crippen LogP) is 20.8. The molecule has 0 bridgehead atoms. The van der Waals surface area contributed by atoms with Crippen molar-refractivity contribution in [2.75, 3.05) is 14.7 Å². The third kappa shape index (κ3) is 8.68. The number of hydrogen-bond acceptors (Lipinski definition) is 5. The zero-order valence-electron chi connectivity index (χ0n) is 41.9. The lowest BCUT2D eigenvalue weighted by Gasteiger charge is -2.30. The Morgan fingerprint density at radius 1 is 0.408 bits per heavy atom. The lowest BCUT2D eigenvalue weighted by atomic mass is 9.98. The van der Waals surface area contributed by atoms with Gasteiger partial charge in [0.05, 0.1) is 11.4 Å². The molecule has 0 amide bonds. The second kappa shape index (κ2) is 20.0. The van der Waals surface area contributed by atoms with E-state index in [0.29, 0.717) is 0 Å². The molecule has 0 aliphatic heterocycles. The number of aryl methyl sites for hydroxylation is 1. The largest absolute Gasteiger partial charge is 0.454 e. The van der Waals surface area contributed by atoms with Gasteiger partial charge in [-0.2, -0.15) is 0 Å². The summed E-state index contributed by atoms with van der Waals surface area (Å²) in [5.41, 5.74) is 17.6. The van der Waals surface area contributed by atoms with Crippen molar-refractivity contribution in [2.45, 2.75) is 6.92 Å². The Morgan fingerprint density at radius 3 is 1.54 bits per heavy atom. The molecule has 0 aliphatic carbocycles. The summed E-state index contributed by atoms with van der Waals surface area (Å²) in [7, 11) is 0. The molecule has 0 fully saturated rings. The fraction of sp³-hybridized carbons (Fsp3) is 0.0141. The number of para-hydroxylation sites is 5. The van der Waals surface area contributed by atoms with Gasteiger partial charge >= 0.3 is 0 Å². The number of anilines is 8. The van der Waals surface area contributed by atoms with E-state index >= 15 is 0 Å². The fourth-order valence-electron chi connectivity index (χ4n) is 10.6. The maximum atomic E-state index is 6.81. The van der Waals surface area contributed by atoms with E-state index in [-0.39, 0.29) is 0 Å². The maximum absolute atomic E-state index is 6.81. The second-order valence-corrected chi connectivity index (χ2v) is 20.1. The molecule has 13 rings (SSSR count). The quantitative estimate of drug-likeness (QED) is 0.107. The number of fused-ring (bicyclic) bond motifs is 6. The van der Waals surface area contributed by atoms with Crippen molar-refractivity contribution < 1.29 is 4.42 Å². The highest BCUT2D eigenvalue weighted by Crippen LogP contribution is 2.48. The van der Waals surface area contributed by atoms with Crippen LogP contribution in [-0.2, 0) is 0 Å². The van der Waals surface area contributed by atoms with Crippen molar-refractivity contribution in [3.8, 4) is 11.1 Å². The maximum Gasteiger partial charge on any atom is 0.159 e. The summed E-state index contributed by atoms with van der Waals surface area (Å²) in [5.74, 6) is 0. The highest BCUT2D eigenvalue weighted by molar-refractivity contribution is 7.25. The van der Waals surface area contributed by atoms with E-state index in [0.717, 1.165) is 101 Å². The molecule has 362 valence electrons. The van der Waals surface area contributed by atoms with E-state index in [1.807, 2.05) is 17.4 Å². The topological polar surface area (TPSA) is 22.9 Å². The normalized spacial score (nSPS) is 11.6. The Balaban J connectivity index is 0.935. The molecule has 13 aromatic rings. The molecule has 0 N–H and O–H groups in total. The molecule has 11 aromatic carbocycles. The van der Waals surface area contributed by atoms with Crippen LogP contribution >= 0.6 is 11.3 Å². The Bertz CT molecular complexity index is 4200. The van der Waals surface area contributed by atoms with Crippen LogP contribution < -0.4 is 14.7 Å². The summed E-state index contributed by atoms with van der Waals surface area (Å²) in [6.07, 6.45) is 2.30. The third-order valence-electron chi connectivity index (χ3n) is 14.3. The number of benzene rings is 11. The summed E-state index contributed by atoms with van der Waals surface area (Å²) in [4.78, 5) is 7.01. The van der Waals surface area contributed by atoms with E-state index in [9.17, 15) is 0 Å². The van der Waals surface area contributed by atoms with E-state index < -0.39 is 0 Å². The van der Waals surface area contributed by atoms with Crippen molar-refractivity contribution in [3.63, 3.8) is 0 Å². The van der Waals surface area contributed by atoms with E-state index in [2.05, 4.69) is 295 Å². The van der Waals surface area contributed by atoms with Crippen LogP contribution in [0.2, 0.25) is 0 Å². The average molecular weight is 994 g/mol. The van der Waals surface area contributed by atoms with E-state index in [1.54, 1.807) is 0 Å². The summed E-state index contributed by atoms with van der Waals surface area (Å²) < 4.78 is 9.19. The molecule has 0 unspecified atom stereocenters. The van der Waals surface area contributed by atoms with E-state index in [1.165, 1.54) is 25.7 Å². The molecule has 5 heteroatoms. The third-order valence-corrected chi connectivity index (χ3v) is 15.4. The molecule has 2 heterocycles. The van der Waals surface area contributed by atoms with Gasteiger partial charge in [0.25, 0.3) is 0 Å². The van der Waals surface area contributed by atoms with Crippen LogP contribution in [0.1, 0.15) is 16.7 Å². The lowest BCUT2D eigenvalue weighted by molar-refractivity contribution is 0.669. The van der Waals surface area contributed by atoms with Crippen LogP contribution in [0.15, 0.2) is 290 Å². The van der Waals surface area contributed by atoms with Gasteiger partial charge in [0, 0.05) is 70.8 Å². The van der Waals surface area contributed by atoms with Gasteiger partial charge < -0.3 is 19.1 Å². The minimum atomic E-state index is 0.847. The zero-order chi connectivity index (χ0) is 51.0. The molecule has 0 saturated heterocycles. The Labute approximate surface area is 447 Å². The van der Waals surface area contributed by atoms with Gasteiger partial charge in [0.15, 0.2) is 5.58 Å². The SMILES string of the molecule is C=C(/C(=C\c1ccccc1C)N(c1ccccc1)c1ccc2c(c1)sc1cc(N(c3ccccc3)c3cc(-c4ccccc4)cc4c3oc3ccccc34)ccc12)c1ccc(N(c2ccccc2)c2ccccc2)cc1. The van der Waals surface area contributed by atoms with Gasteiger partial charge in [-0.1, -0.05) is 176 Å². The summed E-state index contributed by atoms with van der Waals surface area (Å²) in [6, 6.07) is 97.1. The number of rotatable bonds is 13. The molecule has 0 spiro atoms. The van der Waals surface area contributed by atoms with Crippen molar-refractivity contribution in [1.29, 1.82) is 0 Å². The standard InChI is InChI=1S/C71H51N3OS/c1-49-22-18-19-25-53(49)45-66(50(2)51-36-38-59(39-37-51)72(55-26-10-4-11-27-55)56-28-12-5-13-29-56)73(57-30-14-6-15-31-57)60-40-42-63-64-43-41-61(48-70(64)76-69(63)47-60)74(58-32-16-7-17-33-58)67-46-54(52-23-8-3-9-24-52)44-65-62-34-20-21-35-68(62)75-71(65)67/h3-48H,2H2,1H3/b66-45+. The predicted molar refractivity (Wildman–Crippen MR) is 325 cm³/mol. The first-order valence-corrected chi connectivity index (χ1v) is 26.5. The van der Waals surface area contributed by atoms with Gasteiger partial charge in [-0.15, -0.1) is 11.3 Å². The van der Waals surface area contributed by atoms with Crippen LogP contribution in [0.3, 0.4) is 0 Å².